The molecule has 1 aliphatic carbocycles. The molecular weight excluding hydrogens is 271 g/mol. The number of hydrogen-bond acceptors (Lipinski definition) is 3. The largest absolute Gasteiger partial charge is 0.393 e. The van der Waals surface area contributed by atoms with Crippen molar-refractivity contribution in [3.63, 3.8) is 0 Å². The summed E-state index contributed by atoms with van der Waals surface area (Å²) in [5.41, 5.74) is 0.884. The zero-order valence-electron chi connectivity index (χ0n) is 12.6. The number of nitrogens with one attached hydrogen (secondary N) is 1. The van der Waals surface area contributed by atoms with Gasteiger partial charge in [-0.05, 0) is 50.4 Å². The van der Waals surface area contributed by atoms with E-state index in [-0.39, 0.29) is 23.9 Å². The van der Waals surface area contributed by atoms with Crippen LogP contribution in [0.1, 0.15) is 31.4 Å². The lowest BCUT2D eigenvalue weighted by atomic mass is 9.82. The second-order valence-electron chi connectivity index (χ2n) is 6.03. The maximum absolute atomic E-state index is 12.9. The van der Waals surface area contributed by atoms with Crippen molar-refractivity contribution in [2.45, 2.75) is 31.9 Å². The fourth-order valence-corrected chi connectivity index (χ4v) is 2.72. The summed E-state index contributed by atoms with van der Waals surface area (Å²) in [6.45, 7) is 3.04. The normalized spacial score (nSPS) is 22.7. The number of hydrogen-bond donors (Lipinski definition) is 2. The van der Waals surface area contributed by atoms with Gasteiger partial charge in [0.05, 0.1) is 18.7 Å². The first kappa shape index (κ1) is 15.9. The van der Waals surface area contributed by atoms with E-state index in [1.165, 1.54) is 12.1 Å². The highest BCUT2D eigenvalue weighted by Gasteiger charge is 2.28. The van der Waals surface area contributed by atoms with Crippen LogP contribution in [0.4, 0.5) is 4.39 Å². The first-order valence-corrected chi connectivity index (χ1v) is 7.35. The summed E-state index contributed by atoms with van der Waals surface area (Å²) < 4.78 is 12.9. The highest BCUT2D eigenvalue weighted by molar-refractivity contribution is 5.78. The van der Waals surface area contributed by atoms with Crippen LogP contribution in [-0.4, -0.2) is 42.2 Å². The van der Waals surface area contributed by atoms with Gasteiger partial charge in [-0.3, -0.25) is 9.69 Å². The van der Waals surface area contributed by atoms with Crippen LogP contribution in [0.2, 0.25) is 0 Å². The molecule has 1 aliphatic rings. The van der Waals surface area contributed by atoms with E-state index in [1.807, 2.05) is 18.9 Å². The van der Waals surface area contributed by atoms with E-state index < -0.39 is 0 Å². The van der Waals surface area contributed by atoms with Gasteiger partial charge < -0.3 is 10.4 Å². The van der Waals surface area contributed by atoms with Crippen LogP contribution in [0.25, 0.3) is 0 Å². The molecule has 0 heterocycles. The van der Waals surface area contributed by atoms with E-state index in [1.54, 1.807) is 12.1 Å². The molecule has 0 aliphatic heterocycles. The fourth-order valence-electron chi connectivity index (χ4n) is 2.72. The van der Waals surface area contributed by atoms with Gasteiger partial charge in [-0.25, -0.2) is 4.39 Å². The van der Waals surface area contributed by atoms with Crippen LogP contribution in [-0.2, 0) is 4.79 Å². The number of aliphatic hydroxyl groups is 1. The SMILES string of the molecule is CC(NC(=O)CN(C)CC1CC(O)C1)c1ccc(F)cc1. The Hall–Kier alpha value is -1.46. The highest BCUT2D eigenvalue weighted by atomic mass is 19.1. The molecule has 21 heavy (non-hydrogen) atoms. The quantitative estimate of drug-likeness (QED) is 0.840. The van der Waals surface area contributed by atoms with Crippen molar-refractivity contribution in [1.29, 1.82) is 0 Å². The van der Waals surface area contributed by atoms with Gasteiger partial charge in [-0.2, -0.15) is 0 Å². The zero-order valence-corrected chi connectivity index (χ0v) is 12.6. The molecule has 1 saturated carbocycles. The first-order valence-electron chi connectivity index (χ1n) is 7.35. The van der Waals surface area contributed by atoms with Gasteiger partial charge in [-0.1, -0.05) is 12.1 Å². The van der Waals surface area contributed by atoms with Crippen LogP contribution < -0.4 is 5.32 Å². The summed E-state index contributed by atoms with van der Waals surface area (Å²) in [6.07, 6.45) is 1.51. The van der Waals surface area contributed by atoms with Crippen molar-refractivity contribution in [2.24, 2.45) is 5.92 Å². The molecule has 1 unspecified atom stereocenters. The van der Waals surface area contributed by atoms with Crippen LogP contribution in [0, 0.1) is 11.7 Å². The lowest BCUT2D eigenvalue weighted by Crippen LogP contribution is -2.42. The molecule has 1 atom stereocenters. The van der Waals surface area contributed by atoms with Crippen molar-refractivity contribution < 1.29 is 14.3 Å². The molecule has 116 valence electrons. The van der Waals surface area contributed by atoms with E-state index in [9.17, 15) is 14.3 Å². The highest BCUT2D eigenvalue weighted by Crippen LogP contribution is 2.27. The molecule has 1 aromatic carbocycles. The molecule has 0 bridgehead atoms. The summed E-state index contributed by atoms with van der Waals surface area (Å²) in [5.74, 6) is 0.168. The Bertz CT molecular complexity index is 472. The molecule has 0 radical (unpaired) electrons. The Labute approximate surface area is 125 Å². The van der Waals surface area contributed by atoms with Crippen molar-refractivity contribution in [1.82, 2.24) is 10.2 Å². The lowest BCUT2D eigenvalue weighted by molar-refractivity contribution is -0.122. The van der Waals surface area contributed by atoms with E-state index in [4.69, 9.17) is 0 Å². The molecule has 0 aromatic heterocycles. The Morgan fingerprint density at radius 1 is 1.43 bits per heavy atom. The zero-order chi connectivity index (χ0) is 15.4. The number of aliphatic hydroxyl groups excluding tert-OH is 1. The molecule has 2 rings (SSSR count). The number of halogens is 1. The summed E-state index contributed by atoms with van der Waals surface area (Å²) in [4.78, 5) is 14.0. The lowest BCUT2D eigenvalue weighted by Gasteiger charge is -2.34. The van der Waals surface area contributed by atoms with Gasteiger partial charge in [0.15, 0.2) is 0 Å². The van der Waals surface area contributed by atoms with Gasteiger partial charge in [0.1, 0.15) is 5.82 Å². The fraction of sp³-hybridized carbons (Fsp3) is 0.562. The number of carbonyl (C=O) groups excluding carboxylic acids is 1. The molecule has 0 spiro atoms. The second kappa shape index (κ2) is 7.00. The third kappa shape index (κ3) is 4.79. The summed E-state index contributed by atoms with van der Waals surface area (Å²) in [7, 11) is 1.91. The first-order chi connectivity index (χ1) is 9.94. The van der Waals surface area contributed by atoms with Crippen molar-refractivity contribution in [3.05, 3.63) is 35.6 Å². The van der Waals surface area contributed by atoms with Gasteiger partial charge in [0, 0.05) is 6.54 Å². The Morgan fingerprint density at radius 2 is 2.05 bits per heavy atom. The van der Waals surface area contributed by atoms with E-state index in [0.29, 0.717) is 12.5 Å². The van der Waals surface area contributed by atoms with Gasteiger partial charge in [-0.15, -0.1) is 0 Å². The Balaban J connectivity index is 1.74. The standard InChI is InChI=1S/C16H23FN2O2/c1-11(13-3-5-14(17)6-4-13)18-16(21)10-19(2)9-12-7-15(20)8-12/h3-6,11-12,15,20H,7-10H2,1-2H3,(H,18,21). The molecular formula is C16H23FN2O2. The predicted octanol–water partition coefficient (Wildman–Crippen LogP) is 1.71. The van der Waals surface area contributed by atoms with Crippen LogP contribution in [0.15, 0.2) is 24.3 Å². The predicted molar refractivity (Wildman–Crippen MR) is 79.2 cm³/mol. The second-order valence-corrected chi connectivity index (χ2v) is 6.03. The third-order valence-electron chi connectivity index (χ3n) is 3.94. The topological polar surface area (TPSA) is 52.6 Å². The van der Waals surface area contributed by atoms with Crippen LogP contribution >= 0.6 is 0 Å². The number of amides is 1. The number of rotatable bonds is 6. The Morgan fingerprint density at radius 3 is 2.62 bits per heavy atom. The molecule has 4 nitrogen and oxygen atoms in total. The summed E-state index contributed by atoms with van der Waals surface area (Å²) in [5, 5.41) is 12.2. The minimum absolute atomic E-state index is 0.0470. The van der Waals surface area contributed by atoms with Crippen molar-refractivity contribution >= 4 is 5.91 Å². The molecule has 2 N–H and O–H groups in total. The maximum atomic E-state index is 12.9. The molecule has 1 fully saturated rings. The van der Waals surface area contributed by atoms with Crippen LogP contribution in [0.5, 0.6) is 0 Å². The smallest absolute Gasteiger partial charge is 0.234 e. The minimum Gasteiger partial charge on any atom is -0.393 e. The molecule has 1 aromatic rings. The van der Waals surface area contributed by atoms with Crippen molar-refractivity contribution in [2.75, 3.05) is 20.1 Å². The monoisotopic (exact) mass is 294 g/mol. The molecule has 0 saturated heterocycles. The van der Waals surface area contributed by atoms with Crippen molar-refractivity contribution in [3.8, 4) is 0 Å². The van der Waals surface area contributed by atoms with Gasteiger partial charge >= 0.3 is 0 Å². The molecule has 5 heteroatoms. The number of benzene rings is 1. The third-order valence-corrected chi connectivity index (χ3v) is 3.94. The minimum atomic E-state index is -0.278. The van der Waals surface area contributed by atoms with E-state index in [2.05, 4.69) is 5.32 Å². The number of nitrogens with zero attached hydrogens (tertiary/aromatic N) is 1. The average molecular weight is 294 g/mol. The number of carbonyl (C=O) groups is 1. The molecule has 1 amide bonds. The van der Waals surface area contributed by atoms with Gasteiger partial charge in [0.2, 0.25) is 5.91 Å². The van der Waals surface area contributed by atoms with Crippen LogP contribution in [0.3, 0.4) is 0 Å². The summed E-state index contributed by atoms with van der Waals surface area (Å²) >= 11 is 0. The maximum Gasteiger partial charge on any atom is 0.234 e. The Kier molecular flexibility index (Phi) is 5.31. The van der Waals surface area contributed by atoms with Gasteiger partial charge in [0.25, 0.3) is 0 Å². The average Bonchev–Trinajstić information content (AvgIpc) is 2.37. The summed E-state index contributed by atoms with van der Waals surface area (Å²) in [6, 6.07) is 6.01. The van der Waals surface area contributed by atoms with E-state index in [0.717, 1.165) is 24.9 Å². The number of likely N-dealkylation sites (N-methyl/N-ethyl adjacent to an activating group) is 1. The van der Waals surface area contributed by atoms with E-state index >= 15 is 0 Å².